The van der Waals surface area contributed by atoms with E-state index in [4.69, 9.17) is 11.6 Å². The van der Waals surface area contributed by atoms with Crippen LogP contribution in [0.3, 0.4) is 0 Å². The molecule has 2 saturated heterocycles. The summed E-state index contributed by atoms with van der Waals surface area (Å²) in [7, 11) is 0. The minimum Gasteiger partial charge on any atom is -0.396 e. The van der Waals surface area contributed by atoms with E-state index in [2.05, 4.69) is 0 Å². The third-order valence-electron chi connectivity index (χ3n) is 4.82. The molecule has 7 heteroatoms. The number of nitrogens with zero attached hydrogens (tertiary/aromatic N) is 2. The standard InChI is InChI=1S/C17H20ClFN2O3/c18-13-9-12(4-5-14(13)19)21-16(23)10-15(17(21)24)20-7-2-1-3-11(20)6-8-22/h4-5,9,11,15,22H,1-3,6-8,10H2. The van der Waals surface area contributed by atoms with E-state index < -0.39 is 11.9 Å². The van der Waals surface area contributed by atoms with Crippen molar-refractivity contribution in [2.24, 2.45) is 0 Å². The van der Waals surface area contributed by atoms with Gasteiger partial charge in [-0.15, -0.1) is 0 Å². The van der Waals surface area contributed by atoms with Crippen LogP contribution in [0.1, 0.15) is 32.1 Å². The number of rotatable bonds is 4. The summed E-state index contributed by atoms with van der Waals surface area (Å²) >= 11 is 5.77. The highest BCUT2D eigenvalue weighted by Gasteiger charge is 2.45. The molecule has 3 rings (SSSR count). The second-order valence-electron chi connectivity index (χ2n) is 6.29. The van der Waals surface area contributed by atoms with Crippen LogP contribution in [0.5, 0.6) is 0 Å². The predicted molar refractivity (Wildman–Crippen MR) is 88.4 cm³/mol. The van der Waals surface area contributed by atoms with E-state index in [9.17, 15) is 19.1 Å². The zero-order chi connectivity index (χ0) is 17.3. The van der Waals surface area contributed by atoms with Gasteiger partial charge in [-0.2, -0.15) is 0 Å². The summed E-state index contributed by atoms with van der Waals surface area (Å²) in [6.45, 7) is 0.805. The fourth-order valence-corrected chi connectivity index (χ4v) is 3.84. The second kappa shape index (κ2) is 7.17. The monoisotopic (exact) mass is 354 g/mol. The molecule has 0 bridgehead atoms. The number of benzene rings is 1. The number of aliphatic hydroxyl groups is 1. The fraction of sp³-hybridized carbons (Fsp3) is 0.529. The predicted octanol–water partition coefficient (Wildman–Crippen LogP) is 2.35. The summed E-state index contributed by atoms with van der Waals surface area (Å²) in [5, 5.41) is 9.13. The molecular weight excluding hydrogens is 335 g/mol. The molecular formula is C17H20ClFN2O3. The quantitative estimate of drug-likeness (QED) is 0.843. The van der Waals surface area contributed by atoms with Crippen LogP contribution < -0.4 is 4.90 Å². The summed E-state index contributed by atoms with van der Waals surface area (Å²) in [6, 6.07) is 3.44. The van der Waals surface area contributed by atoms with Crippen molar-refractivity contribution in [3.05, 3.63) is 29.0 Å². The van der Waals surface area contributed by atoms with E-state index in [1.54, 1.807) is 0 Å². The van der Waals surface area contributed by atoms with Crippen molar-refractivity contribution in [2.45, 2.75) is 44.2 Å². The van der Waals surface area contributed by atoms with Gasteiger partial charge in [-0.1, -0.05) is 18.0 Å². The molecule has 2 amide bonds. The highest BCUT2D eigenvalue weighted by Crippen LogP contribution is 2.32. The first-order valence-electron chi connectivity index (χ1n) is 8.21. The van der Waals surface area contributed by atoms with Gasteiger partial charge < -0.3 is 5.11 Å². The Labute approximate surface area is 145 Å². The number of aliphatic hydroxyl groups excluding tert-OH is 1. The Hall–Kier alpha value is -1.50. The van der Waals surface area contributed by atoms with Gasteiger partial charge in [-0.25, -0.2) is 9.29 Å². The van der Waals surface area contributed by atoms with Gasteiger partial charge in [-0.05, 0) is 44.0 Å². The smallest absolute Gasteiger partial charge is 0.251 e. The van der Waals surface area contributed by atoms with Crippen LogP contribution in [0.4, 0.5) is 10.1 Å². The van der Waals surface area contributed by atoms with E-state index in [-0.39, 0.29) is 35.9 Å². The van der Waals surface area contributed by atoms with Crippen molar-refractivity contribution in [1.82, 2.24) is 4.90 Å². The molecule has 2 aliphatic heterocycles. The highest BCUT2D eigenvalue weighted by molar-refractivity contribution is 6.31. The Balaban J connectivity index is 1.84. The lowest BCUT2D eigenvalue weighted by atomic mass is 9.97. The van der Waals surface area contributed by atoms with Crippen molar-refractivity contribution >= 4 is 29.1 Å². The van der Waals surface area contributed by atoms with E-state index in [1.165, 1.54) is 12.1 Å². The number of hydrogen-bond acceptors (Lipinski definition) is 4. The Morgan fingerprint density at radius 1 is 1.29 bits per heavy atom. The average molecular weight is 355 g/mol. The summed E-state index contributed by atoms with van der Waals surface area (Å²) in [6.07, 6.45) is 3.66. The van der Waals surface area contributed by atoms with E-state index in [0.29, 0.717) is 12.1 Å². The maximum atomic E-state index is 13.3. The summed E-state index contributed by atoms with van der Waals surface area (Å²) in [5.41, 5.74) is 0.301. The highest BCUT2D eigenvalue weighted by atomic mass is 35.5. The first-order chi connectivity index (χ1) is 11.5. The lowest BCUT2D eigenvalue weighted by molar-refractivity contribution is -0.123. The molecule has 130 valence electrons. The number of likely N-dealkylation sites (tertiary alicyclic amines) is 1. The number of carbonyl (C=O) groups excluding carboxylic acids is 2. The third-order valence-corrected chi connectivity index (χ3v) is 5.11. The lowest BCUT2D eigenvalue weighted by Gasteiger charge is -2.38. The molecule has 5 nitrogen and oxygen atoms in total. The van der Waals surface area contributed by atoms with Crippen molar-refractivity contribution in [1.29, 1.82) is 0 Å². The topological polar surface area (TPSA) is 60.9 Å². The van der Waals surface area contributed by atoms with Crippen LogP contribution in [0.2, 0.25) is 5.02 Å². The third kappa shape index (κ3) is 3.18. The molecule has 2 fully saturated rings. The molecule has 0 saturated carbocycles. The van der Waals surface area contributed by atoms with Crippen LogP contribution >= 0.6 is 11.6 Å². The molecule has 24 heavy (non-hydrogen) atoms. The number of imide groups is 1. The number of hydrogen-bond donors (Lipinski definition) is 1. The number of piperidine rings is 1. The molecule has 1 aromatic carbocycles. The average Bonchev–Trinajstić information content (AvgIpc) is 2.86. The van der Waals surface area contributed by atoms with Gasteiger partial charge in [0.15, 0.2) is 0 Å². The molecule has 2 unspecified atom stereocenters. The maximum absolute atomic E-state index is 13.3. The van der Waals surface area contributed by atoms with Crippen LogP contribution in [-0.4, -0.2) is 47.1 Å². The zero-order valence-electron chi connectivity index (χ0n) is 13.3. The van der Waals surface area contributed by atoms with Crippen molar-refractivity contribution in [3.63, 3.8) is 0 Å². The zero-order valence-corrected chi connectivity index (χ0v) is 14.0. The summed E-state index contributed by atoms with van der Waals surface area (Å²) < 4.78 is 13.3. The lowest BCUT2D eigenvalue weighted by Crippen LogP contribution is -2.50. The van der Waals surface area contributed by atoms with Crippen molar-refractivity contribution in [2.75, 3.05) is 18.1 Å². The molecule has 1 N–H and O–H groups in total. The largest absolute Gasteiger partial charge is 0.396 e. The maximum Gasteiger partial charge on any atom is 0.251 e. The second-order valence-corrected chi connectivity index (χ2v) is 6.69. The molecule has 0 aromatic heterocycles. The van der Waals surface area contributed by atoms with E-state index in [0.717, 1.165) is 36.8 Å². The molecule has 2 atom stereocenters. The van der Waals surface area contributed by atoms with Gasteiger partial charge in [0.05, 0.1) is 23.2 Å². The Morgan fingerprint density at radius 2 is 2.08 bits per heavy atom. The summed E-state index contributed by atoms with van der Waals surface area (Å²) in [5.74, 6) is -1.19. The molecule has 0 radical (unpaired) electrons. The Kier molecular flexibility index (Phi) is 5.18. The van der Waals surface area contributed by atoms with Gasteiger partial charge in [0.25, 0.3) is 5.91 Å². The number of carbonyl (C=O) groups is 2. The fourth-order valence-electron chi connectivity index (χ4n) is 3.66. The van der Waals surface area contributed by atoms with Gasteiger partial charge in [0, 0.05) is 12.6 Å². The molecule has 2 aliphatic rings. The molecule has 0 aliphatic carbocycles. The summed E-state index contributed by atoms with van der Waals surface area (Å²) in [4.78, 5) is 28.4. The molecule has 1 aromatic rings. The van der Waals surface area contributed by atoms with Crippen molar-refractivity contribution < 1.29 is 19.1 Å². The Morgan fingerprint density at radius 3 is 2.79 bits per heavy atom. The number of halogens is 2. The van der Waals surface area contributed by atoms with Crippen LogP contribution in [0.25, 0.3) is 0 Å². The van der Waals surface area contributed by atoms with Crippen LogP contribution in [0.15, 0.2) is 18.2 Å². The van der Waals surface area contributed by atoms with Gasteiger partial charge in [0.1, 0.15) is 5.82 Å². The van der Waals surface area contributed by atoms with Crippen LogP contribution in [0, 0.1) is 5.82 Å². The molecule has 2 heterocycles. The SMILES string of the molecule is O=C1CC(N2CCCCC2CCO)C(=O)N1c1ccc(F)c(Cl)c1. The minimum atomic E-state index is -0.588. The normalized spacial score (nSPS) is 25.5. The van der Waals surface area contributed by atoms with Gasteiger partial charge >= 0.3 is 0 Å². The number of amides is 2. The van der Waals surface area contributed by atoms with E-state index in [1.807, 2.05) is 4.90 Å². The van der Waals surface area contributed by atoms with Gasteiger partial charge in [0.2, 0.25) is 5.91 Å². The van der Waals surface area contributed by atoms with Crippen LogP contribution in [-0.2, 0) is 9.59 Å². The van der Waals surface area contributed by atoms with E-state index >= 15 is 0 Å². The first-order valence-corrected chi connectivity index (χ1v) is 8.59. The van der Waals surface area contributed by atoms with Gasteiger partial charge in [-0.3, -0.25) is 14.5 Å². The Bertz CT molecular complexity index is 653. The molecule has 0 spiro atoms. The van der Waals surface area contributed by atoms with Crippen molar-refractivity contribution in [3.8, 4) is 0 Å². The first kappa shape index (κ1) is 17.3. The number of anilines is 1. The minimum absolute atomic E-state index is 0.0628.